The highest BCUT2D eigenvalue weighted by atomic mass is 35.5. The molecule has 2 aromatic rings. The first-order valence-electron chi connectivity index (χ1n) is 5.08. The van der Waals surface area contributed by atoms with Crippen LogP contribution in [0.4, 0.5) is 0 Å². The van der Waals surface area contributed by atoms with Crippen molar-refractivity contribution in [2.45, 2.75) is 13.8 Å². The van der Waals surface area contributed by atoms with E-state index in [0.717, 1.165) is 21.6 Å². The van der Waals surface area contributed by atoms with Crippen LogP contribution in [0.25, 0.3) is 10.4 Å². The Morgan fingerprint density at radius 2 is 1.88 bits per heavy atom. The van der Waals surface area contributed by atoms with E-state index >= 15 is 0 Å². The SMILES string of the molecule is Cc1cc(Cl)c(-c2cc(C(=O)O)cs2)cc1C. The first-order valence-corrected chi connectivity index (χ1v) is 6.33. The summed E-state index contributed by atoms with van der Waals surface area (Å²) in [5.41, 5.74) is 3.48. The van der Waals surface area contributed by atoms with Gasteiger partial charge in [-0.2, -0.15) is 0 Å². The van der Waals surface area contributed by atoms with E-state index in [9.17, 15) is 4.79 Å². The van der Waals surface area contributed by atoms with Crippen molar-refractivity contribution in [2.75, 3.05) is 0 Å². The molecule has 0 bridgehead atoms. The molecule has 0 saturated carbocycles. The van der Waals surface area contributed by atoms with E-state index in [1.54, 1.807) is 11.4 Å². The Hall–Kier alpha value is -1.32. The van der Waals surface area contributed by atoms with E-state index in [4.69, 9.17) is 16.7 Å². The number of benzene rings is 1. The van der Waals surface area contributed by atoms with Gasteiger partial charge < -0.3 is 5.11 Å². The topological polar surface area (TPSA) is 37.3 Å². The monoisotopic (exact) mass is 266 g/mol. The highest BCUT2D eigenvalue weighted by Crippen LogP contribution is 2.34. The molecule has 1 heterocycles. The van der Waals surface area contributed by atoms with Crippen LogP contribution in [-0.4, -0.2) is 11.1 Å². The molecule has 0 spiro atoms. The molecule has 0 saturated heterocycles. The lowest BCUT2D eigenvalue weighted by Gasteiger charge is -2.06. The average molecular weight is 267 g/mol. The largest absolute Gasteiger partial charge is 0.478 e. The Labute approximate surface area is 108 Å². The van der Waals surface area contributed by atoms with E-state index < -0.39 is 5.97 Å². The second-order valence-electron chi connectivity index (χ2n) is 3.92. The second kappa shape index (κ2) is 4.51. The van der Waals surface area contributed by atoms with Crippen molar-refractivity contribution in [3.05, 3.63) is 45.3 Å². The van der Waals surface area contributed by atoms with Gasteiger partial charge >= 0.3 is 5.97 Å². The molecule has 17 heavy (non-hydrogen) atoms. The Morgan fingerprint density at radius 1 is 1.24 bits per heavy atom. The van der Waals surface area contributed by atoms with Crippen molar-refractivity contribution in [2.24, 2.45) is 0 Å². The molecule has 2 nitrogen and oxygen atoms in total. The van der Waals surface area contributed by atoms with Gasteiger partial charge in [-0.3, -0.25) is 0 Å². The molecule has 4 heteroatoms. The maximum absolute atomic E-state index is 10.8. The van der Waals surface area contributed by atoms with Crippen LogP contribution < -0.4 is 0 Å². The third-order valence-corrected chi connectivity index (χ3v) is 3.97. The number of halogens is 1. The van der Waals surface area contributed by atoms with E-state index in [1.165, 1.54) is 11.3 Å². The predicted octanol–water partition coefficient (Wildman–Crippen LogP) is 4.38. The lowest BCUT2D eigenvalue weighted by atomic mass is 10.0. The molecule has 1 aromatic carbocycles. The smallest absolute Gasteiger partial charge is 0.336 e. The lowest BCUT2D eigenvalue weighted by Crippen LogP contribution is -1.91. The number of thiophene rings is 1. The number of carboxylic acid groups (broad SMARTS) is 1. The van der Waals surface area contributed by atoms with Gasteiger partial charge in [0, 0.05) is 20.8 Å². The maximum Gasteiger partial charge on any atom is 0.336 e. The number of aromatic carboxylic acids is 1. The van der Waals surface area contributed by atoms with Gasteiger partial charge in [-0.25, -0.2) is 4.79 Å². The third kappa shape index (κ3) is 2.35. The van der Waals surface area contributed by atoms with E-state index in [2.05, 4.69) is 0 Å². The van der Waals surface area contributed by atoms with Crippen molar-refractivity contribution in [1.29, 1.82) is 0 Å². The lowest BCUT2D eigenvalue weighted by molar-refractivity contribution is 0.0697. The first-order chi connectivity index (χ1) is 7.99. The Bertz CT molecular complexity index is 587. The summed E-state index contributed by atoms with van der Waals surface area (Å²) in [6, 6.07) is 5.56. The standard InChI is InChI=1S/C13H11ClO2S/c1-7-3-10(11(14)4-8(7)2)12-5-9(6-17-12)13(15)16/h3-6H,1-2H3,(H,15,16). The van der Waals surface area contributed by atoms with Crippen LogP contribution in [0.5, 0.6) is 0 Å². The molecule has 0 aliphatic rings. The Kier molecular flexibility index (Phi) is 3.22. The highest BCUT2D eigenvalue weighted by molar-refractivity contribution is 7.14. The molecule has 1 N–H and O–H groups in total. The van der Waals surface area contributed by atoms with Crippen molar-refractivity contribution >= 4 is 28.9 Å². The zero-order valence-corrected chi connectivity index (χ0v) is 11.0. The second-order valence-corrected chi connectivity index (χ2v) is 5.24. The first kappa shape index (κ1) is 12.1. The van der Waals surface area contributed by atoms with Crippen molar-refractivity contribution in [3.8, 4) is 10.4 Å². The van der Waals surface area contributed by atoms with Gasteiger partial charge in [-0.05, 0) is 43.2 Å². The minimum absolute atomic E-state index is 0.305. The fourth-order valence-corrected chi connectivity index (χ4v) is 2.85. The Balaban J connectivity index is 2.52. The van der Waals surface area contributed by atoms with Crippen molar-refractivity contribution in [3.63, 3.8) is 0 Å². The summed E-state index contributed by atoms with van der Waals surface area (Å²) in [6.45, 7) is 4.02. The fraction of sp³-hybridized carbons (Fsp3) is 0.154. The molecule has 0 fully saturated rings. The van der Waals surface area contributed by atoms with Gasteiger partial charge in [0.2, 0.25) is 0 Å². The van der Waals surface area contributed by atoms with E-state index in [0.29, 0.717) is 10.6 Å². The minimum atomic E-state index is -0.910. The van der Waals surface area contributed by atoms with Crippen LogP contribution in [0.15, 0.2) is 23.6 Å². The van der Waals surface area contributed by atoms with Crippen LogP contribution in [0, 0.1) is 13.8 Å². The summed E-state index contributed by atoms with van der Waals surface area (Å²) < 4.78 is 0. The molecule has 1 aromatic heterocycles. The molecule has 0 radical (unpaired) electrons. The van der Waals surface area contributed by atoms with Gasteiger partial charge in [-0.1, -0.05) is 11.6 Å². The molecule has 0 amide bonds. The summed E-state index contributed by atoms with van der Waals surface area (Å²) in [5.74, 6) is -0.910. The van der Waals surface area contributed by atoms with Crippen LogP contribution in [-0.2, 0) is 0 Å². The number of carbonyl (C=O) groups is 1. The van der Waals surface area contributed by atoms with Gasteiger partial charge in [0.15, 0.2) is 0 Å². The molecule has 88 valence electrons. The maximum atomic E-state index is 10.8. The van der Waals surface area contributed by atoms with Gasteiger partial charge in [0.1, 0.15) is 0 Å². The normalized spacial score (nSPS) is 10.5. The molecule has 2 rings (SSSR count). The van der Waals surface area contributed by atoms with Crippen LogP contribution in [0.2, 0.25) is 5.02 Å². The summed E-state index contributed by atoms with van der Waals surface area (Å²) >= 11 is 7.58. The number of aryl methyl sites for hydroxylation is 2. The van der Waals surface area contributed by atoms with Gasteiger partial charge in [0.25, 0.3) is 0 Å². The van der Waals surface area contributed by atoms with Crippen LogP contribution in [0.1, 0.15) is 21.5 Å². The molecular weight excluding hydrogens is 256 g/mol. The summed E-state index contributed by atoms with van der Waals surface area (Å²) in [5, 5.41) is 11.2. The number of rotatable bonds is 2. The van der Waals surface area contributed by atoms with Crippen molar-refractivity contribution in [1.82, 2.24) is 0 Å². The molecule has 0 aliphatic carbocycles. The van der Waals surface area contributed by atoms with E-state index in [-0.39, 0.29) is 0 Å². The zero-order chi connectivity index (χ0) is 12.6. The third-order valence-electron chi connectivity index (χ3n) is 2.70. The van der Waals surface area contributed by atoms with Gasteiger partial charge in [-0.15, -0.1) is 11.3 Å². The van der Waals surface area contributed by atoms with Crippen LogP contribution >= 0.6 is 22.9 Å². The summed E-state index contributed by atoms with van der Waals surface area (Å²) in [6.07, 6.45) is 0. The van der Waals surface area contributed by atoms with Crippen LogP contribution in [0.3, 0.4) is 0 Å². The molecular formula is C13H11ClO2S. The average Bonchev–Trinajstić information content (AvgIpc) is 2.72. The quantitative estimate of drug-likeness (QED) is 0.876. The van der Waals surface area contributed by atoms with E-state index in [1.807, 2.05) is 26.0 Å². The number of carboxylic acids is 1. The molecule has 0 unspecified atom stereocenters. The fourth-order valence-electron chi connectivity index (χ4n) is 1.56. The minimum Gasteiger partial charge on any atom is -0.478 e. The summed E-state index contributed by atoms with van der Waals surface area (Å²) in [7, 11) is 0. The highest BCUT2D eigenvalue weighted by Gasteiger charge is 2.11. The zero-order valence-electron chi connectivity index (χ0n) is 9.45. The predicted molar refractivity (Wildman–Crippen MR) is 71.2 cm³/mol. The Morgan fingerprint density at radius 3 is 2.47 bits per heavy atom. The van der Waals surface area contributed by atoms with Crippen molar-refractivity contribution < 1.29 is 9.90 Å². The molecule has 0 aliphatic heterocycles. The summed E-state index contributed by atoms with van der Waals surface area (Å²) in [4.78, 5) is 11.7. The number of hydrogen-bond donors (Lipinski definition) is 1. The van der Waals surface area contributed by atoms with Gasteiger partial charge in [0.05, 0.1) is 5.56 Å². The molecule has 0 atom stereocenters. The number of hydrogen-bond acceptors (Lipinski definition) is 2.